The zero-order chi connectivity index (χ0) is 13.0. The standard InChI is InChI=1S/C15H22N2O/c1-3-17(14-7-8-14)15(18)6-4-5-13-9-10-16-12(2)11-13/h9-11,14H,3-8H2,1-2H3. The summed E-state index contributed by atoms with van der Waals surface area (Å²) in [4.78, 5) is 18.2. The van der Waals surface area contributed by atoms with Crippen molar-refractivity contribution in [2.75, 3.05) is 6.54 Å². The molecule has 1 aromatic heterocycles. The highest BCUT2D eigenvalue weighted by atomic mass is 16.2. The molecular formula is C15H22N2O. The van der Waals surface area contributed by atoms with Crippen LogP contribution in [0.5, 0.6) is 0 Å². The SMILES string of the molecule is CCN(C(=O)CCCc1ccnc(C)c1)C1CC1. The van der Waals surface area contributed by atoms with Gasteiger partial charge < -0.3 is 4.90 Å². The first kappa shape index (κ1) is 13.1. The molecular weight excluding hydrogens is 224 g/mol. The fourth-order valence-electron chi connectivity index (χ4n) is 2.37. The Hall–Kier alpha value is -1.38. The zero-order valence-electron chi connectivity index (χ0n) is 11.4. The van der Waals surface area contributed by atoms with Gasteiger partial charge in [0.15, 0.2) is 0 Å². The zero-order valence-corrected chi connectivity index (χ0v) is 11.4. The predicted octanol–water partition coefficient (Wildman–Crippen LogP) is 2.72. The van der Waals surface area contributed by atoms with Crippen molar-refractivity contribution < 1.29 is 4.79 Å². The number of carbonyl (C=O) groups is 1. The molecule has 98 valence electrons. The monoisotopic (exact) mass is 246 g/mol. The van der Waals surface area contributed by atoms with Crippen molar-refractivity contribution in [1.29, 1.82) is 0 Å². The van der Waals surface area contributed by atoms with Gasteiger partial charge in [-0.1, -0.05) is 0 Å². The van der Waals surface area contributed by atoms with Crippen LogP contribution >= 0.6 is 0 Å². The van der Waals surface area contributed by atoms with Gasteiger partial charge in [-0.05, 0) is 57.2 Å². The third kappa shape index (κ3) is 3.56. The van der Waals surface area contributed by atoms with E-state index in [9.17, 15) is 4.79 Å². The van der Waals surface area contributed by atoms with E-state index in [4.69, 9.17) is 0 Å². The summed E-state index contributed by atoms with van der Waals surface area (Å²) in [6.07, 6.45) is 6.82. The number of rotatable bonds is 6. The Labute approximate surface area is 109 Å². The van der Waals surface area contributed by atoms with Gasteiger partial charge in [0.1, 0.15) is 0 Å². The van der Waals surface area contributed by atoms with E-state index in [-0.39, 0.29) is 0 Å². The lowest BCUT2D eigenvalue weighted by atomic mass is 10.1. The second-order valence-corrected chi connectivity index (χ2v) is 5.07. The lowest BCUT2D eigenvalue weighted by Gasteiger charge is -2.20. The van der Waals surface area contributed by atoms with Crippen molar-refractivity contribution in [3.63, 3.8) is 0 Å². The van der Waals surface area contributed by atoms with Gasteiger partial charge in [-0.15, -0.1) is 0 Å². The number of nitrogens with zero attached hydrogens (tertiary/aromatic N) is 2. The van der Waals surface area contributed by atoms with Crippen molar-refractivity contribution >= 4 is 5.91 Å². The molecule has 0 saturated heterocycles. The van der Waals surface area contributed by atoms with Gasteiger partial charge in [-0.2, -0.15) is 0 Å². The minimum absolute atomic E-state index is 0.325. The largest absolute Gasteiger partial charge is 0.340 e. The first-order chi connectivity index (χ1) is 8.70. The molecule has 0 bridgehead atoms. The summed E-state index contributed by atoms with van der Waals surface area (Å²) in [5.41, 5.74) is 2.33. The maximum Gasteiger partial charge on any atom is 0.222 e. The molecule has 1 aromatic rings. The molecule has 0 unspecified atom stereocenters. The van der Waals surface area contributed by atoms with E-state index in [2.05, 4.69) is 18.0 Å². The average molecular weight is 246 g/mol. The van der Waals surface area contributed by atoms with Crippen LogP contribution in [0.15, 0.2) is 18.3 Å². The number of pyridine rings is 1. The van der Waals surface area contributed by atoms with E-state index in [0.717, 1.165) is 25.1 Å². The smallest absolute Gasteiger partial charge is 0.222 e. The molecule has 0 N–H and O–H groups in total. The molecule has 1 aliphatic carbocycles. The maximum atomic E-state index is 12.0. The molecule has 0 aromatic carbocycles. The van der Waals surface area contributed by atoms with Crippen molar-refractivity contribution in [3.05, 3.63) is 29.6 Å². The van der Waals surface area contributed by atoms with Gasteiger partial charge in [0.2, 0.25) is 5.91 Å². The van der Waals surface area contributed by atoms with Crippen molar-refractivity contribution in [1.82, 2.24) is 9.88 Å². The number of aromatic nitrogens is 1. The Balaban J connectivity index is 1.76. The van der Waals surface area contributed by atoms with Crippen molar-refractivity contribution in [3.8, 4) is 0 Å². The van der Waals surface area contributed by atoms with Gasteiger partial charge in [0.05, 0.1) is 0 Å². The fraction of sp³-hybridized carbons (Fsp3) is 0.600. The Morgan fingerprint density at radius 3 is 2.89 bits per heavy atom. The minimum atomic E-state index is 0.325. The van der Waals surface area contributed by atoms with Crippen LogP contribution in [-0.2, 0) is 11.2 Å². The van der Waals surface area contributed by atoms with Crippen LogP contribution in [0.1, 0.15) is 43.9 Å². The molecule has 3 nitrogen and oxygen atoms in total. The lowest BCUT2D eigenvalue weighted by molar-refractivity contribution is -0.131. The van der Waals surface area contributed by atoms with Crippen LogP contribution in [0.25, 0.3) is 0 Å². The quantitative estimate of drug-likeness (QED) is 0.773. The van der Waals surface area contributed by atoms with Gasteiger partial charge in [-0.25, -0.2) is 0 Å². The van der Waals surface area contributed by atoms with Crippen LogP contribution in [0.2, 0.25) is 0 Å². The Bertz CT molecular complexity index is 413. The molecule has 0 spiro atoms. The van der Waals surface area contributed by atoms with E-state index in [1.807, 2.05) is 24.1 Å². The van der Waals surface area contributed by atoms with Gasteiger partial charge in [-0.3, -0.25) is 9.78 Å². The van der Waals surface area contributed by atoms with E-state index in [1.165, 1.54) is 18.4 Å². The van der Waals surface area contributed by atoms with Gasteiger partial charge in [0, 0.05) is 30.9 Å². The number of aryl methyl sites for hydroxylation is 2. The molecule has 0 aliphatic heterocycles. The summed E-state index contributed by atoms with van der Waals surface area (Å²) in [5.74, 6) is 0.325. The summed E-state index contributed by atoms with van der Waals surface area (Å²) in [6.45, 7) is 4.93. The Morgan fingerprint density at radius 1 is 1.50 bits per heavy atom. The molecule has 1 amide bonds. The highest BCUT2D eigenvalue weighted by Gasteiger charge is 2.30. The van der Waals surface area contributed by atoms with E-state index >= 15 is 0 Å². The number of carbonyl (C=O) groups excluding carboxylic acids is 1. The second kappa shape index (κ2) is 5.98. The molecule has 1 heterocycles. The maximum absolute atomic E-state index is 12.0. The highest BCUT2D eigenvalue weighted by molar-refractivity contribution is 5.76. The molecule has 1 fully saturated rings. The van der Waals surface area contributed by atoms with E-state index in [1.54, 1.807) is 0 Å². The van der Waals surface area contributed by atoms with Crippen LogP contribution in [-0.4, -0.2) is 28.4 Å². The summed E-state index contributed by atoms with van der Waals surface area (Å²) in [6, 6.07) is 4.68. The topological polar surface area (TPSA) is 33.2 Å². The first-order valence-electron chi connectivity index (χ1n) is 6.91. The van der Waals surface area contributed by atoms with Gasteiger partial charge >= 0.3 is 0 Å². The molecule has 1 aliphatic rings. The van der Waals surface area contributed by atoms with Crippen LogP contribution < -0.4 is 0 Å². The first-order valence-corrected chi connectivity index (χ1v) is 6.91. The van der Waals surface area contributed by atoms with Crippen LogP contribution in [0, 0.1) is 6.92 Å². The third-order valence-electron chi connectivity index (χ3n) is 3.47. The third-order valence-corrected chi connectivity index (χ3v) is 3.47. The van der Waals surface area contributed by atoms with Crippen molar-refractivity contribution in [2.24, 2.45) is 0 Å². The number of hydrogen-bond donors (Lipinski definition) is 0. The molecule has 2 rings (SSSR count). The number of hydrogen-bond acceptors (Lipinski definition) is 2. The molecule has 3 heteroatoms. The molecule has 1 saturated carbocycles. The lowest BCUT2D eigenvalue weighted by Crippen LogP contribution is -2.32. The normalized spacial score (nSPS) is 14.6. The number of amides is 1. The summed E-state index contributed by atoms with van der Waals surface area (Å²) >= 11 is 0. The van der Waals surface area contributed by atoms with E-state index < -0.39 is 0 Å². The summed E-state index contributed by atoms with van der Waals surface area (Å²) in [5, 5.41) is 0. The summed E-state index contributed by atoms with van der Waals surface area (Å²) in [7, 11) is 0. The van der Waals surface area contributed by atoms with Crippen LogP contribution in [0.3, 0.4) is 0 Å². The van der Waals surface area contributed by atoms with E-state index in [0.29, 0.717) is 18.4 Å². The molecule has 18 heavy (non-hydrogen) atoms. The predicted molar refractivity (Wildman–Crippen MR) is 72.3 cm³/mol. The molecule has 0 atom stereocenters. The summed E-state index contributed by atoms with van der Waals surface area (Å²) < 4.78 is 0. The van der Waals surface area contributed by atoms with Crippen molar-refractivity contribution in [2.45, 2.75) is 52.0 Å². The minimum Gasteiger partial charge on any atom is -0.340 e. The highest BCUT2D eigenvalue weighted by Crippen LogP contribution is 2.27. The molecule has 0 radical (unpaired) electrons. The van der Waals surface area contributed by atoms with Crippen LogP contribution in [0.4, 0.5) is 0 Å². The van der Waals surface area contributed by atoms with Gasteiger partial charge in [0.25, 0.3) is 0 Å². The second-order valence-electron chi connectivity index (χ2n) is 5.07. The Morgan fingerprint density at radius 2 is 2.28 bits per heavy atom. The Kier molecular flexibility index (Phi) is 4.34. The average Bonchev–Trinajstić information content (AvgIpc) is 3.14. The fourth-order valence-corrected chi connectivity index (χ4v) is 2.37.